The van der Waals surface area contributed by atoms with Gasteiger partial charge in [-0.1, -0.05) is 39.2 Å². The van der Waals surface area contributed by atoms with Gasteiger partial charge in [0.2, 0.25) is 0 Å². The van der Waals surface area contributed by atoms with E-state index in [1.807, 2.05) is 0 Å². The van der Waals surface area contributed by atoms with Crippen LogP contribution in [0.4, 0.5) is 0 Å². The van der Waals surface area contributed by atoms with Crippen molar-refractivity contribution in [3.8, 4) is 0 Å². The Morgan fingerprint density at radius 2 is 2.00 bits per heavy atom. The molecule has 0 aromatic carbocycles. The summed E-state index contributed by atoms with van der Waals surface area (Å²) >= 11 is 0. The van der Waals surface area contributed by atoms with E-state index < -0.39 is 0 Å². The number of hydrogen-bond acceptors (Lipinski definition) is 1. The zero-order valence-electron chi connectivity index (χ0n) is 9.69. The van der Waals surface area contributed by atoms with Crippen LogP contribution in [0.3, 0.4) is 0 Å². The topological polar surface area (TPSA) is 12.0 Å². The van der Waals surface area contributed by atoms with E-state index in [1.54, 1.807) is 0 Å². The van der Waals surface area contributed by atoms with Gasteiger partial charge < -0.3 is 5.32 Å². The van der Waals surface area contributed by atoms with Gasteiger partial charge in [0.05, 0.1) is 0 Å². The van der Waals surface area contributed by atoms with Gasteiger partial charge in [-0.15, -0.1) is 0 Å². The zero-order chi connectivity index (χ0) is 10.1. The summed E-state index contributed by atoms with van der Waals surface area (Å²) in [5.41, 5.74) is 1.34. The van der Waals surface area contributed by atoms with Gasteiger partial charge in [-0.05, 0) is 26.7 Å². The van der Waals surface area contributed by atoms with Crippen LogP contribution in [0.15, 0.2) is 11.8 Å². The molecule has 0 rings (SSSR count). The number of nitrogens with one attached hydrogen (secondary N) is 1. The Balaban J connectivity index is 3.57. The first-order valence-corrected chi connectivity index (χ1v) is 5.64. The molecule has 0 saturated heterocycles. The molecule has 78 valence electrons. The molecule has 0 aromatic heterocycles. The van der Waals surface area contributed by atoms with Crippen molar-refractivity contribution < 1.29 is 0 Å². The number of unbranched alkanes of at least 4 members (excludes halogenated alkanes) is 2. The fourth-order valence-electron chi connectivity index (χ4n) is 1.39. The van der Waals surface area contributed by atoms with Gasteiger partial charge >= 0.3 is 0 Å². The highest BCUT2D eigenvalue weighted by Crippen LogP contribution is 2.02. The van der Waals surface area contributed by atoms with E-state index in [-0.39, 0.29) is 0 Å². The molecular formula is C12H25N. The Morgan fingerprint density at radius 3 is 2.54 bits per heavy atom. The molecule has 0 unspecified atom stereocenters. The molecule has 0 aliphatic rings. The van der Waals surface area contributed by atoms with Gasteiger partial charge in [-0.3, -0.25) is 0 Å². The van der Waals surface area contributed by atoms with Crippen molar-refractivity contribution >= 4 is 0 Å². The maximum atomic E-state index is 3.51. The smallest absolute Gasteiger partial charge is 0.0229 e. The van der Waals surface area contributed by atoms with Crippen LogP contribution in [0, 0.1) is 0 Å². The minimum Gasteiger partial charge on any atom is -0.386 e. The second kappa shape index (κ2) is 8.15. The van der Waals surface area contributed by atoms with E-state index in [2.05, 4.69) is 39.1 Å². The average molecular weight is 183 g/mol. The van der Waals surface area contributed by atoms with Gasteiger partial charge in [-0.2, -0.15) is 0 Å². The summed E-state index contributed by atoms with van der Waals surface area (Å²) in [5.74, 6) is 0. The van der Waals surface area contributed by atoms with Gasteiger partial charge in [-0.25, -0.2) is 0 Å². The van der Waals surface area contributed by atoms with Crippen LogP contribution in [-0.2, 0) is 0 Å². The standard InChI is InChI=1S/C12H25N/c1-5-7-9-11(3)13-12(4)10-8-6-2/h9,12-13H,5-8,10H2,1-4H3/b11-9-/t12-/m0/s1. The molecule has 0 aromatic rings. The minimum absolute atomic E-state index is 0.632. The Bertz CT molecular complexity index is 138. The Hall–Kier alpha value is -0.460. The molecule has 0 spiro atoms. The van der Waals surface area contributed by atoms with Crippen LogP contribution in [0.25, 0.3) is 0 Å². The Kier molecular flexibility index (Phi) is 7.86. The molecule has 13 heavy (non-hydrogen) atoms. The first-order valence-electron chi connectivity index (χ1n) is 5.64. The van der Waals surface area contributed by atoms with Crippen LogP contribution < -0.4 is 5.32 Å². The molecule has 1 N–H and O–H groups in total. The first kappa shape index (κ1) is 12.5. The highest BCUT2D eigenvalue weighted by molar-refractivity contribution is 4.96. The summed E-state index contributed by atoms with van der Waals surface area (Å²) in [4.78, 5) is 0. The van der Waals surface area contributed by atoms with Gasteiger partial charge in [0.15, 0.2) is 0 Å². The van der Waals surface area contributed by atoms with Crippen LogP contribution >= 0.6 is 0 Å². The molecule has 0 heterocycles. The zero-order valence-corrected chi connectivity index (χ0v) is 9.69. The molecule has 0 saturated carbocycles. The quantitative estimate of drug-likeness (QED) is 0.632. The highest BCUT2D eigenvalue weighted by Gasteiger charge is 1.99. The third-order valence-corrected chi connectivity index (χ3v) is 2.20. The fraction of sp³-hybridized carbons (Fsp3) is 0.833. The lowest BCUT2D eigenvalue weighted by Crippen LogP contribution is -2.23. The first-order chi connectivity index (χ1) is 6.20. The van der Waals surface area contributed by atoms with Gasteiger partial charge in [0, 0.05) is 11.7 Å². The molecule has 1 heteroatoms. The number of hydrogen-bond donors (Lipinski definition) is 1. The molecule has 1 nitrogen and oxygen atoms in total. The molecule has 0 aliphatic carbocycles. The average Bonchev–Trinajstić information content (AvgIpc) is 2.11. The Labute approximate surface area is 83.6 Å². The van der Waals surface area contributed by atoms with E-state index in [4.69, 9.17) is 0 Å². The molecule has 0 bridgehead atoms. The van der Waals surface area contributed by atoms with Crippen molar-refractivity contribution in [2.45, 2.75) is 65.8 Å². The van der Waals surface area contributed by atoms with Crippen LogP contribution in [0.2, 0.25) is 0 Å². The summed E-state index contributed by atoms with van der Waals surface area (Å²) < 4.78 is 0. The van der Waals surface area contributed by atoms with Gasteiger partial charge in [0.1, 0.15) is 0 Å². The number of rotatable bonds is 7. The van der Waals surface area contributed by atoms with Crippen molar-refractivity contribution in [3.05, 3.63) is 11.8 Å². The third-order valence-electron chi connectivity index (χ3n) is 2.20. The minimum atomic E-state index is 0.632. The predicted octanol–water partition coefficient (Wildman–Crippen LogP) is 3.86. The summed E-state index contributed by atoms with van der Waals surface area (Å²) in [7, 11) is 0. The van der Waals surface area contributed by atoms with Crippen LogP contribution in [-0.4, -0.2) is 6.04 Å². The van der Waals surface area contributed by atoms with Crippen molar-refractivity contribution in [1.29, 1.82) is 0 Å². The van der Waals surface area contributed by atoms with Crippen LogP contribution in [0.1, 0.15) is 59.8 Å². The normalized spacial score (nSPS) is 14.3. The Morgan fingerprint density at radius 1 is 1.31 bits per heavy atom. The van der Waals surface area contributed by atoms with Crippen molar-refractivity contribution in [2.24, 2.45) is 0 Å². The van der Waals surface area contributed by atoms with Crippen molar-refractivity contribution in [3.63, 3.8) is 0 Å². The van der Waals surface area contributed by atoms with E-state index in [0.29, 0.717) is 6.04 Å². The summed E-state index contributed by atoms with van der Waals surface area (Å²) in [5, 5.41) is 3.51. The van der Waals surface area contributed by atoms with E-state index in [9.17, 15) is 0 Å². The monoisotopic (exact) mass is 183 g/mol. The maximum Gasteiger partial charge on any atom is 0.0229 e. The largest absolute Gasteiger partial charge is 0.386 e. The second-order valence-electron chi connectivity index (χ2n) is 3.86. The third kappa shape index (κ3) is 7.89. The SMILES string of the molecule is CCC/C=C(/C)N[C@@H](C)CCCC. The summed E-state index contributed by atoms with van der Waals surface area (Å²) in [6, 6.07) is 0.632. The molecule has 0 aliphatic heterocycles. The second-order valence-corrected chi connectivity index (χ2v) is 3.86. The molecular weight excluding hydrogens is 158 g/mol. The summed E-state index contributed by atoms with van der Waals surface area (Å²) in [6.07, 6.45) is 8.64. The number of allylic oxidation sites excluding steroid dienone is 2. The van der Waals surface area contributed by atoms with Crippen molar-refractivity contribution in [1.82, 2.24) is 5.32 Å². The lowest BCUT2D eigenvalue weighted by molar-refractivity contribution is 0.538. The molecule has 0 radical (unpaired) electrons. The van der Waals surface area contributed by atoms with Crippen molar-refractivity contribution in [2.75, 3.05) is 0 Å². The lowest BCUT2D eigenvalue weighted by atomic mass is 10.1. The van der Waals surface area contributed by atoms with E-state index in [1.165, 1.54) is 37.8 Å². The fourth-order valence-corrected chi connectivity index (χ4v) is 1.39. The van der Waals surface area contributed by atoms with E-state index >= 15 is 0 Å². The maximum absolute atomic E-state index is 3.51. The molecule has 0 fully saturated rings. The molecule has 0 amide bonds. The van der Waals surface area contributed by atoms with E-state index in [0.717, 1.165) is 0 Å². The van der Waals surface area contributed by atoms with Gasteiger partial charge in [0.25, 0.3) is 0 Å². The highest BCUT2D eigenvalue weighted by atomic mass is 14.9. The lowest BCUT2D eigenvalue weighted by Gasteiger charge is -2.14. The predicted molar refractivity (Wildman–Crippen MR) is 60.8 cm³/mol. The summed E-state index contributed by atoms with van der Waals surface area (Å²) in [6.45, 7) is 8.88. The van der Waals surface area contributed by atoms with Crippen LogP contribution in [0.5, 0.6) is 0 Å². The molecule has 1 atom stereocenters.